The van der Waals surface area contributed by atoms with Gasteiger partial charge in [-0.1, -0.05) is 36.4 Å². The number of hydrogen-bond acceptors (Lipinski definition) is 5. The summed E-state index contributed by atoms with van der Waals surface area (Å²) in [5.41, 5.74) is 0.920. The van der Waals surface area contributed by atoms with Crippen molar-refractivity contribution >= 4 is 32.4 Å². The number of methoxy groups -OCH3 is 1. The maximum Gasteiger partial charge on any atom is 0.255 e. The van der Waals surface area contributed by atoms with E-state index >= 15 is 0 Å². The van der Waals surface area contributed by atoms with E-state index in [9.17, 15) is 13.2 Å². The standard InChI is InChI=1S/C23H25N3O4S/c1-25-12-14-26(15-13-25)31(28,29)22-16-18(10-11-21(22)30-2)23(27)24-20-9-5-7-17-6-3-4-8-19(17)20/h3-11,16H,12-15H2,1-2H3,(H,24,27). The van der Waals surface area contributed by atoms with Gasteiger partial charge in [0.05, 0.1) is 7.11 Å². The smallest absolute Gasteiger partial charge is 0.255 e. The molecule has 1 saturated heterocycles. The van der Waals surface area contributed by atoms with E-state index in [2.05, 4.69) is 10.2 Å². The molecule has 0 aromatic heterocycles. The van der Waals surface area contributed by atoms with Crippen molar-refractivity contribution in [1.29, 1.82) is 0 Å². The fourth-order valence-electron chi connectivity index (χ4n) is 3.72. The van der Waals surface area contributed by atoms with E-state index in [1.54, 1.807) is 6.07 Å². The van der Waals surface area contributed by atoms with E-state index in [0.29, 0.717) is 31.9 Å². The first-order chi connectivity index (χ1) is 14.9. The number of nitrogens with zero attached hydrogens (tertiary/aromatic N) is 2. The average Bonchev–Trinajstić information content (AvgIpc) is 2.79. The van der Waals surface area contributed by atoms with Crippen LogP contribution in [0.5, 0.6) is 5.75 Å². The van der Waals surface area contributed by atoms with Crippen molar-refractivity contribution in [2.75, 3.05) is 45.7 Å². The minimum absolute atomic E-state index is 0.00474. The number of rotatable bonds is 5. The predicted molar refractivity (Wildman–Crippen MR) is 121 cm³/mol. The Bertz CT molecular complexity index is 1210. The van der Waals surface area contributed by atoms with Gasteiger partial charge in [-0.25, -0.2) is 8.42 Å². The lowest BCUT2D eigenvalue weighted by molar-refractivity contribution is 0.102. The third kappa shape index (κ3) is 4.27. The molecule has 4 rings (SSSR count). The molecule has 0 saturated carbocycles. The number of likely N-dealkylation sites (N-methyl/N-ethyl adjacent to an activating group) is 1. The first kappa shape index (κ1) is 21.3. The summed E-state index contributed by atoms with van der Waals surface area (Å²) in [7, 11) is -0.404. The summed E-state index contributed by atoms with van der Waals surface area (Å²) in [6.07, 6.45) is 0. The van der Waals surface area contributed by atoms with Gasteiger partial charge in [0.25, 0.3) is 5.91 Å². The van der Waals surface area contributed by atoms with Crippen LogP contribution in [-0.2, 0) is 10.0 Å². The molecule has 1 heterocycles. The molecular weight excluding hydrogens is 414 g/mol. The van der Waals surface area contributed by atoms with Gasteiger partial charge in [-0.2, -0.15) is 4.31 Å². The highest BCUT2D eigenvalue weighted by molar-refractivity contribution is 7.89. The molecule has 1 fully saturated rings. The molecule has 162 valence electrons. The lowest BCUT2D eigenvalue weighted by atomic mass is 10.1. The Hall–Kier alpha value is -2.94. The van der Waals surface area contributed by atoms with Crippen molar-refractivity contribution in [3.05, 3.63) is 66.2 Å². The quantitative estimate of drug-likeness (QED) is 0.661. The van der Waals surface area contributed by atoms with Crippen LogP contribution in [0.3, 0.4) is 0 Å². The number of sulfonamides is 1. The largest absolute Gasteiger partial charge is 0.495 e. The molecule has 0 aliphatic carbocycles. The van der Waals surface area contributed by atoms with Gasteiger partial charge in [-0.3, -0.25) is 4.79 Å². The first-order valence-electron chi connectivity index (χ1n) is 10.1. The zero-order chi connectivity index (χ0) is 22.0. The Labute approximate surface area is 182 Å². The van der Waals surface area contributed by atoms with E-state index in [1.165, 1.54) is 23.5 Å². The second kappa shape index (κ2) is 8.66. The van der Waals surface area contributed by atoms with Crippen LogP contribution in [0.15, 0.2) is 65.6 Å². The van der Waals surface area contributed by atoms with Crippen molar-refractivity contribution in [1.82, 2.24) is 9.21 Å². The van der Waals surface area contributed by atoms with Crippen molar-refractivity contribution < 1.29 is 17.9 Å². The number of piperazine rings is 1. The lowest BCUT2D eigenvalue weighted by Gasteiger charge is -2.31. The molecule has 0 radical (unpaired) electrons. The van der Waals surface area contributed by atoms with Gasteiger partial charge >= 0.3 is 0 Å². The van der Waals surface area contributed by atoms with Gasteiger partial charge in [0.2, 0.25) is 10.0 Å². The topological polar surface area (TPSA) is 78.9 Å². The number of ether oxygens (including phenoxy) is 1. The number of hydrogen-bond donors (Lipinski definition) is 1. The second-order valence-electron chi connectivity index (χ2n) is 7.55. The Morgan fingerprint density at radius 1 is 0.968 bits per heavy atom. The SMILES string of the molecule is COc1ccc(C(=O)Nc2cccc3ccccc23)cc1S(=O)(=O)N1CCN(C)CC1. The highest BCUT2D eigenvalue weighted by atomic mass is 32.2. The lowest BCUT2D eigenvalue weighted by Crippen LogP contribution is -2.47. The molecule has 0 bridgehead atoms. The van der Waals surface area contributed by atoms with E-state index in [4.69, 9.17) is 4.74 Å². The number of carbonyl (C=O) groups is 1. The first-order valence-corrected chi connectivity index (χ1v) is 11.5. The molecule has 0 spiro atoms. The molecule has 7 nitrogen and oxygen atoms in total. The molecule has 1 aliphatic rings. The zero-order valence-electron chi connectivity index (χ0n) is 17.5. The fourth-order valence-corrected chi connectivity index (χ4v) is 5.32. The third-order valence-electron chi connectivity index (χ3n) is 5.54. The van der Waals surface area contributed by atoms with Crippen LogP contribution in [0.1, 0.15) is 10.4 Å². The average molecular weight is 440 g/mol. The predicted octanol–water partition coefficient (Wildman–Crippen LogP) is 3.04. The molecule has 1 N–H and O–H groups in total. The van der Waals surface area contributed by atoms with Crippen molar-refractivity contribution in [3.63, 3.8) is 0 Å². The molecule has 1 aliphatic heterocycles. The maximum atomic E-state index is 13.3. The summed E-state index contributed by atoms with van der Waals surface area (Å²) in [5.74, 6) is -0.158. The van der Waals surface area contributed by atoms with Crippen LogP contribution in [-0.4, -0.2) is 63.9 Å². The highest BCUT2D eigenvalue weighted by Crippen LogP contribution is 2.29. The molecule has 3 aromatic carbocycles. The summed E-state index contributed by atoms with van der Waals surface area (Å²) in [6.45, 7) is 2.11. The Morgan fingerprint density at radius 2 is 1.68 bits per heavy atom. The minimum Gasteiger partial charge on any atom is -0.495 e. The number of fused-ring (bicyclic) bond motifs is 1. The number of nitrogens with one attached hydrogen (secondary N) is 1. The maximum absolute atomic E-state index is 13.3. The summed E-state index contributed by atoms with van der Waals surface area (Å²) in [5, 5.41) is 4.83. The molecule has 31 heavy (non-hydrogen) atoms. The van der Waals surface area contributed by atoms with Crippen LogP contribution in [0.25, 0.3) is 10.8 Å². The van der Waals surface area contributed by atoms with Gasteiger partial charge in [0, 0.05) is 42.8 Å². The number of benzene rings is 3. The monoisotopic (exact) mass is 439 g/mol. The van der Waals surface area contributed by atoms with E-state index in [-0.39, 0.29) is 22.1 Å². The van der Waals surface area contributed by atoms with Crippen LogP contribution in [0.4, 0.5) is 5.69 Å². The number of amides is 1. The van der Waals surface area contributed by atoms with Crippen LogP contribution in [0, 0.1) is 0 Å². The summed E-state index contributed by atoms with van der Waals surface area (Å²) < 4.78 is 33.3. The molecular formula is C23H25N3O4S. The fraction of sp³-hybridized carbons (Fsp3) is 0.261. The molecule has 3 aromatic rings. The van der Waals surface area contributed by atoms with Crippen molar-refractivity contribution in [2.45, 2.75) is 4.90 Å². The third-order valence-corrected chi connectivity index (χ3v) is 7.46. The van der Waals surface area contributed by atoms with Gasteiger partial charge in [0.1, 0.15) is 10.6 Å². The Morgan fingerprint density at radius 3 is 2.42 bits per heavy atom. The van der Waals surface area contributed by atoms with Crippen molar-refractivity contribution in [3.8, 4) is 5.75 Å². The highest BCUT2D eigenvalue weighted by Gasteiger charge is 2.30. The Kier molecular flexibility index (Phi) is 5.95. The van der Waals surface area contributed by atoms with Crippen molar-refractivity contribution in [2.24, 2.45) is 0 Å². The van der Waals surface area contributed by atoms with Crippen LogP contribution < -0.4 is 10.1 Å². The molecule has 0 atom stereocenters. The van der Waals surface area contributed by atoms with Gasteiger partial charge < -0.3 is 15.0 Å². The zero-order valence-corrected chi connectivity index (χ0v) is 18.4. The van der Waals surface area contributed by atoms with Gasteiger partial charge in [-0.15, -0.1) is 0 Å². The molecule has 0 unspecified atom stereocenters. The van der Waals surface area contributed by atoms with E-state index in [0.717, 1.165) is 10.8 Å². The normalized spacial score (nSPS) is 15.7. The summed E-state index contributed by atoms with van der Waals surface area (Å²) >= 11 is 0. The molecule has 8 heteroatoms. The molecule has 1 amide bonds. The van der Waals surface area contributed by atoms with Crippen LogP contribution >= 0.6 is 0 Å². The van der Waals surface area contributed by atoms with E-state index < -0.39 is 10.0 Å². The van der Waals surface area contributed by atoms with Gasteiger partial charge in [-0.05, 0) is 36.7 Å². The second-order valence-corrected chi connectivity index (χ2v) is 9.46. The summed E-state index contributed by atoms with van der Waals surface area (Å²) in [4.78, 5) is 15.1. The Balaban J connectivity index is 1.66. The number of anilines is 1. The van der Waals surface area contributed by atoms with E-state index in [1.807, 2.05) is 49.5 Å². The van der Waals surface area contributed by atoms with Gasteiger partial charge in [0.15, 0.2) is 0 Å². The minimum atomic E-state index is -3.79. The van der Waals surface area contributed by atoms with Crippen LogP contribution in [0.2, 0.25) is 0 Å². The number of carbonyl (C=O) groups excluding carboxylic acids is 1. The summed E-state index contributed by atoms with van der Waals surface area (Å²) in [6, 6.07) is 17.9.